The SMILES string of the molecule is NCc1ccc(NC(=O)c2ccc(Br)cc2O)cc1. The van der Waals surface area contributed by atoms with Crippen molar-refractivity contribution in [1.82, 2.24) is 0 Å². The fourth-order valence-electron chi connectivity index (χ4n) is 1.62. The Kier molecular flexibility index (Phi) is 4.19. The molecule has 0 aliphatic heterocycles. The summed E-state index contributed by atoms with van der Waals surface area (Å²) in [7, 11) is 0. The first-order chi connectivity index (χ1) is 9.10. The molecule has 0 aromatic heterocycles. The van der Waals surface area contributed by atoms with Gasteiger partial charge in [-0.25, -0.2) is 0 Å². The third kappa shape index (κ3) is 3.33. The summed E-state index contributed by atoms with van der Waals surface area (Å²) in [6, 6.07) is 12.0. The molecule has 2 aromatic carbocycles. The summed E-state index contributed by atoms with van der Waals surface area (Å²) < 4.78 is 0.717. The maximum Gasteiger partial charge on any atom is 0.259 e. The molecule has 0 heterocycles. The van der Waals surface area contributed by atoms with Gasteiger partial charge in [-0.3, -0.25) is 4.79 Å². The average molecular weight is 321 g/mol. The first kappa shape index (κ1) is 13.6. The summed E-state index contributed by atoms with van der Waals surface area (Å²) in [5, 5.41) is 12.4. The second kappa shape index (κ2) is 5.86. The molecule has 0 aliphatic rings. The lowest BCUT2D eigenvalue weighted by Crippen LogP contribution is -2.12. The number of nitrogens with two attached hydrogens (primary N) is 1. The molecular weight excluding hydrogens is 308 g/mol. The minimum atomic E-state index is -0.356. The molecule has 4 nitrogen and oxygen atoms in total. The lowest BCUT2D eigenvalue weighted by molar-refractivity contribution is 0.102. The Morgan fingerprint density at radius 1 is 1.21 bits per heavy atom. The topological polar surface area (TPSA) is 75.3 Å². The Hall–Kier alpha value is -1.85. The monoisotopic (exact) mass is 320 g/mol. The van der Waals surface area contributed by atoms with Gasteiger partial charge in [0.25, 0.3) is 5.91 Å². The first-order valence-corrected chi connectivity index (χ1v) is 6.48. The minimum absolute atomic E-state index is 0.0644. The van der Waals surface area contributed by atoms with Crippen LogP contribution in [0.4, 0.5) is 5.69 Å². The van der Waals surface area contributed by atoms with Crippen molar-refractivity contribution in [2.45, 2.75) is 6.54 Å². The van der Waals surface area contributed by atoms with Gasteiger partial charge in [-0.1, -0.05) is 28.1 Å². The molecule has 0 bridgehead atoms. The number of hydrogen-bond donors (Lipinski definition) is 3. The van der Waals surface area contributed by atoms with Crippen LogP contribution in [0.25, 0.3) is 0 Å². The number of anilines is 1. The van der Waals surface area contributed by atoms with E-state index in [2.05, 4.69) is 21.2 Å². The van der Waals surface area contributed by atoms with E-state index >= 15 is 0 Å². The number of nitrogens with one attached hydrogen (secondary N) is 1. The first-order valence-electron chi connectivity index (χ1n) is 5.69. The number of phenolic OH excluding ortho intramolecular Hbond substituents is 1. The predicted molar refractivity (Wildman–Crippen MR) is 78.1 cm³/mol. The Bertz CT molecular complexity index is 597. The second-order valence-electron chi connectivity index (χ2n) is 4.02. The molecule has 19 heavy (non-hydrogen) atoms. The van der Waals surface area contributed by atoms with Crippen LogP contribution >= 0.6 is 15.9 Å². The normalized spacial score (nSPS) is 10.2. The van der Waals surface area contributed by atoms with E-state index in [4.69, 9.17) is 5.73 Å². The maximum atomic E-state index is 12.0. The van der Waals surface area contributed by atoms with E-state index in [1.54, 1.807) is 24.3 Å². The zero-order valence-corrected chi connectivity index (χ0v) is 11.6. The molecule has 5 heteroatoms. The molecular formula is C14H13BrN2O2. The molecule has 0 atom stereocenters. The number of carbonyl (C=O) groups excluding carboxylic acids is 1. The van der Waals surface area contributed by atoms with Gasteiger partial charge in [-0.15, -0.1) is 0 Å². The maximum absolute atomic E-state index is 12.0. The smallest absolute Gasteiger partial charge is 0.259 e. The van der Waals surface area contributed by atoms with E-state index in [0.29, 0.717) is 16.7 Å². The van der Waals surface area contributed by atoms with Crippen molar-refractivity contribution in [1.29, 1.82) is 0 Å². The average Bonchev–Trinajstić information content (AvgIpc) is 2.39. The van der Waals surface area contributed by atoms with Gasteiger partial charge < -0.3 is 16.2 Å². The highest BCUT2D eigenvalue weighted by molar-refractivity contribution is 9.10. The van der Waals surface area contributed by atoms with Crippen LogP contribution in [0.15, 0.2) is 46.9 Å². The molecule has 98 valence electrons. The standard InChI is InChI=1S/C14H13BrN2O2/c15-10-3-6-12(13(18)7-10)14(19)17-11-4-1-9(8-16)2-5-11/h1-7,18H,8,16H2,(H,17,19). The van der Waals surface area contributed by atoms with Crippen molar-refractivity contribution in [2.24, 2.45) is 5.73 Å². The fraction of sp³-hybridized carbons (Fsp3) is 0.0714. The molecule has 4 N–H and O–H groups in total. The summed E-state index contributed by atoms with van der Waals surface area (Å²) in [4.78, 5) is 12.0. The predicted octanol–water partition coefficient (Wildman–Crippen LogP) is 2.87. The van der Waals surface area contributed by atoms with Crippen LogP contribution in [0.1, 0.15) is 15.9 Å². The Morgan fingerprint density at radius 2 is 1.89 bits per heavy atom. The summed E-state index contributed by atoms with van der Waals surface area (Å²) in [5.74, 6) is -0.420. The van der Waals surface area contributed by atoms with Gasteiger partial charge in [0.2, 0.25) is 0 Å². The molecule has 0 saturated heterocycles. The van der Waals surface area contributed by atoms with Gasteiger partial charge in [0, 0.05) is 16.7 Å². The number of hydrogen-bond acceptors (Lipinski definition) is 3. The quantitative estimate of drug-likeness (QED) is 0.814. The zero-order chi connectivity index (χ0) is 13.8. The highest BCUT2D eigenvalue weighted by atomic mass is 79.9. The van der Waals surface area contributed by atoms with Crippen LogP contribution in [-0.2, 0) is 6.54 Å². The van der Waals surface area contributed by atoms with E-state index in [1.807, 2.05) is 12.1 Å². The Balaban J connectivity index is 2.15. The van der Waals surface area contributed by atoms with E-state index in [0.717, 1.165) is 5.56 Å². The van der Waals surface area contributed by atoms with Crippen molar-refractivity contribution in [3.63, 3.8) is 0 Å². The molecule has 0 saturated carbocycles. The highest BCUT2D eigenvalue weighted by Crippen LogP contribution is 2.23. The molecule has 0 fully saturated rings. The van der Waals surface area contributed by atoms with Gasteiger partial charge in [-0.2, -0.15) is 0 Å². The Labute approximate surface area is 119 Å². The third-order valence-electron chi connectivity index (χ3n) is 2.65. The molecule has 2 aromatic rings. The summed E-state index contributed by atoms with van der Waals surface area (Å²) in [5.41, 5.74) is 7.38. The van der Waals surface area contributed by atoms with Crippen LogP contribution in [0.3, 0.4) is 0 Å². The van der Waals surface area contributed by atoms with Crippen LogP contribution in [0.2, 0.25) is 0 Å². The number of amides is 1. The van der Waals surface area contributed by atoms with Gasteiger partial charge in [0.1, 0.15) is 5.75 Å². The van der Waals surface area contributed by atoms with Crippen LogP contribution in [0, 0.1) is 0 Å². The summed E-state index contributed by atoms with van der Waals surface area (Å²) in [6.45, 7) is 0.460. The minimum Gasteiger partial charge on any atom is -0.507 e. The zero-order valence-electron chi connectivity index (χ0n) is 10.1. The van der Waals surface area contributed by atoms with Crippen molar-refractivity contribution < 1.29 is 9.90 Å². The lowest BCUT2D eigenvalue weighted by atomic mass is 10.1. The third-order valence-corrected chi connectivity index (χ3v) is 3.15. The van der Waals surface area contributed by atoms with Crippen molar-refractivity contribution in [2.75, 3.05) is 5.32 Å². The largest absolute Gasteiger partial charge is 0.507 e. The highest BCUT2D eigenvalue weighted by Gasteiger charge is 2.11. The number of aromatic hydroxyl groups is 1. The number of phenols is 1. The number of benzene rings is 2. The molecule has 0 spiro atoms. The summed E-state index contributed by atoms with van der Waals surface area (Å²) in [6.07, 6.45) is 0. The van der Waals surface area contributed by atoms with Gasteiger partial charge in [-0.05, 0) is 35.9 Å². The van der Waals surface area contributed by atoms with E-state index in [-0.39, 0.29) is 17.2 Å². The van der Waals surface area contributed by atoms with E-state index in [9.17, 15) is 9.90 Å². The van der Waals surface area contributed by atoms with Gasteiger partial charge in [0.05, 0.1) is 5.56 Å². The van der Waals surface area contributed by atoms with Crippen LogP contribution < -0.4 is 11.1 Å². The molecule has 0 aliphatic carbocycles. The van der Waals surface area contributed by atoms with Crippen LogP contribution in [0.5, 0.6) is 5.75 Å². The van der Waals surface area contributed by atoms with Crippen molar-refractivity contribution in [3.8, 4) is 5.75 Å². The Morgan fingerprint density at radius 3 is 2.47 bits per heavy atom. The fourth-order valence-corrected chi connectivity index (χ4v) is 1.97. The van der Waals surface area contributed by atoms with Crippen molar-refractivity contribution >= 4 is 27.5 Å². The molecule has 2 rings (SSSR count). The number of carbonyl (C=O) groups is 1. The van der Waals surface area contributed by atoms with Gasteiger partial charge >= 0.3 is 0 Å². The molecule has 0 radical (unpaired) electrons. The number of rotatable bonds is 3. The number of halogens is 1. The van der Waals surface area contributed by atoms with E-state index < -0.39 is 0 Å². The van der Waals surface area contributed by atoms with Crippen molar-refractivity contribution in [3.05, 3.63) is 58.1 Å². The lowest BCUT2D eigenvalue weighted by Gasteiger charge is -2.07. The second-order valence-corrected chi connectivity index (χ2v) is 4.93. The summed E-state index contributed by atoms with van der Waals surface area (Å²) >= 11 is 3.22. The van der Waals surface area contributed by atoms with Crippen LogP contribution in [-0.4, -0.2) is 11.0 Å². The molecule has 0 unspecified atom stereocenters. The molecule has 1 amide bonds. The van der Waals surface area contributed by atoms with Gasteiger partial charge in [0.15, 0.2) is 0 Å². The van der Waals surface area contributed by atoms with E-state index in [1.165, 1.54) is 6.07 Å².